The van der Waals surface area contributed by atoms with E-state index >= 15 is 0 Å². The molecule has 2 fully saturated rings. The van der Waals surface area contributed by atoms with Crippen LogP contribution in [-0.2, 0) is 54.3 Å². The van der Waals surface area contributed by atoms with Crippen molar-refractivity contribution in [2.45, 2.75) is 49.0 Å². The van der Waals surface area contributed by atoms with Crippen molar-refractivity contribution in [3.63, 3.8) is 0 Å². The molecule has 2 aliphatic rings. The summed E-state index contributed by atoms with van der Waals surface area (Å²) in [5, 5.41) is 37.7. The summed E-state index contributed by atoms with van der Waals surface area (Å²) < 4.78 is 109. The molecule has 0 aromatic carbocycles. The summed E-state index contributed by atoms with van der Waals surface area (Å²) in [6.45, 7) is 0.0256. The van der Waals surface area contributed by atoms with Gasteiger partial charge in [-0.15, -0.1) is 0 Å². The normalized spacial score (nSPS) is 36.4. The molecule has 44 heavy (non-hydrogen) atoms. The van der Waals surface area contributed by atoms with Crippen molar-refractivity contribution in [2.24, 2.45) is 0 Å². The van der Waals surface area contributed by atoms with Gasteiger partial charge in [0.25, 0.3) is 0 Å². The van der Waals surface area contributed by atoms with Crippen molar-refractivity contribution in [1.82, 2.24) is 0 Å². The van der Waals surface area contributed by atoms with E-state index in [1.807, 2.05) is 0 Å². The van der Waals surface area contributed by atoms with Crippen LogP contribution in [0.5, 0.6) is 0 Å². The molecule has 32 heteroatoms. The fourth-order valence-electron chi connectivity index (χ4n) is 2.59. The molecular weight excluding hydrogens is 1180 g/mol. The van der Waals surface area contributed by atoms with Crippen LogP contribution in [0.4, 0.5) is 8.78 Å². The van der Waals surface area contributed by atoms with Crippen molar-refractivity contribution in [1.29, 1.82) is 0 Å². The van der Waals surface area contributed by atoms with E-state index < -0.39 is 87.4 Å². The maximum absolute atomic E-state index is 14.1. The molecule has 11 N–H and O–H groups in total. The maximum Gasteiger partial charge on any atom is 0.490 e. The van der Waals surface area contributed by atoms with Crippen LogP contribution in [0.3, 0.4) is 0 Å². The molecule has 3 unspecified atom stereocenters. The zero-order chi connectivity index (χ0) is 33.4. The minimum absolute atomic E-state index is 0. The van der Waals surface area contributed by atoms with E-state index in [1.165, 1.54) is 0 Å². The molecule has 0 radical (unpaired) electrons. The molecule has 2 saturated heterocycles. The zero-order valence-corrected chi connectivity index (χ0v) is 34.3. The summed E-state index contributed by atoms with van der Waals surface area (Å²) in [6, 6.07) is 0. The number of ether oxygens (including phenoxy) is 2. The van der Waals surface area contributed by atoms with Crippen molar-refractivity contribution in [2.75, 3.05) is 13.2 Å². The van der Waals surface area contributed by atoms with Gasteiger partial charge in [0.1, 0.15) is 25.4 Å². The van der Waals surface area contributed by atoms with Gasteiger partial charge >= 0.3 is 39.1 Å². The number of phosphoric ester groups is 2. The Hall–Kier alpha value is 2.39. The Morgan fingerprint density at radius 3 is 1.16 bits per heavy atom. The molecule has 0 spiro atoms. The Bertz CT molecular complexity index is 1210. The molecule has 0 amide bonds. The van der Waals surface area contributed by atoms with Gasteiger partial charge in [-0.25, -0.2) is 31.6 Å². The van der Waals surface area contributed by atoms with E-state index in [2.05, 4.69) is 31.5 Å². The summed E-state index contributed by atoms with van der Waals surface area (Å²) in [7, 11) is -27.5. The van der Waals surface area contributed by atoms with Gasteiger partial charge in [-0.2, -0.15) is 26.1 Å². The predicted octanol–water partition coefficient (Wildman–Crippen LogP) is -1.52. The SMILES string of the molecule is C[C@]1(O)[CH-]O[C@](F)(COP(=O)(O)OP(=O)(O)O)[C@H]1O.C[C@]1(O)[CH-]O[C@](F)(COP(=O)(O)OP(=O)(O)OP(=O)(O)O)[C@H]1O.[U].[U]. The fourth-order valence-corrected chi connectivity index (χ4v) is 7.23. The first kappa shape index (κ1) is 48.5. The number of rotatable bonds is 12. The van der Waals surface area contributed by atoms with Crippen molar-refractivity contribution < 1.29 is 180 Å². The Balaban J connectivity index is 0. The molecule has 0 aliphatic carbocycles. The number of phosphoric acid groups is 5. The van der Waals surface area contributed by atoms with Crippen LogP contribution in [0, 0.1) is 75.4 Å². The molecule has 23 nitrogen and oxygen atoms in total. The number of aliphatic hydroxyl groups is 4. The molecule has 2 aliphatic heterocycles. The number of halogens is 2. The van der Waals surface area contributed by atoms with Crippen molar-refractivity contribution in [3.8, 4) is 0 Å². The zero-order valence-electron chi connectivity index (χ0n) is 21.5. The Morgan fingerprint density at radius 1 is 0.636 bits per heavy atom. The van der Waals surface area contributed by atoms with Crippen LogP contribution in [0.25, 0.3) is 0 Å². The van der Waals surface area contributed by atoms with Crippen LogP contribution < -0.4 is 0 Å². The van der Waals surface area contributed by atoms with E-state index in [1.54, 1.807) is 0 Å². The Labute approximate surface area is 292 Å². The topological polar surface area (TPSA) is 372 Å². The van der Waals surface area contributed by atoms with E-state index in [0.717, 1.165) is 13.8 Å². The van der Waals surface area contributed by atoms with Gasteiger partial charge < -0.3 is 64.2 Å². The Kier molecular flexibility index (Phi) is 18.3. The molecule has 9 atom stereocenters. The number of hydrogen-bond acceptors (Lipinski definition) is 16. The van der Waals surface area contributed by atoms with Gasteiger partial charge in [-0.05, 0) is 11.2 Å². The first-order valence-electron chi connectivity index (χ1n) is 10.0. The third-order valence-corrected chi connectivity index (χ3v) is 10.3. The summed E-state index contributed by atoms with van der Waals surface area (Å²) in [5.74, 6) is -6.27. The van der Waals surface area contributed by atoms with E-state index in [4.69, 9.17) is 34.3 Å². The standard InChI is InChI=1S/C6H13FO13P3.C6H12FO10P2.2U/c1-5(9)2-17-6(7,4(5)8)3-18-22(13,14)20-23(15,16)19-21(10,11)12;1-5(9)2-15-6(7,4(5)8)3-16-19(13,14)17-18(10,11)12;;/h2,4,8-9H,3H2,1H3,(H,13,14)(H,15,16)(H2,10,11,12);2,4,8-9H,3H2,1H3,(H,13,14)(H2,10,11,12);;/q2*-1;;/t2*4-,5-,6+;;/m00../s1. The average Bonchev–Trinajstić information content (AvgIpc) is 3.07. The van der Waals surface area contributed by atoms with Gasteiger partial charge in [0.2, 0.25) is 11.7 Å². The first-order chi connectivity index (χ1) is 18.3. The molecule has 0 aromatic heterocycles. The van der Waals surface area contributed by atoms with E-state index in [0.29, 0.717) is 13.2 Å². The predicted molar refractivity (Wildman–Crippen MR) is 120 cm³/mol. The largest absolute Gasteiger partial charge is 0.517 e. The maximum atomic E-state index is 14.1. The third kappa shape index (κ3) is 16.0. The van der Waals surface area contributed by atoms with Crippen LogP contribution >= 0.6 is 39.1 Å². The van der Waals surface area contributed by atoms with Crippen LogP contribution in [0.2, 0.25) is 0 Å². The van der Waals surface area contributed by atoms with E-state index in [9.17, 15) is 52.0 Å². The van der Waals surface area contributed by atoms with Gasteiger partial charge in [0.05, 0.1) is 0 Å². The second-order valence-electron chi connectivity index (χ2n) is 8.48. The first-order valence-corrected chi connectivity index (χ1v) is 17.6. The molecular formula is C12H25F2O23P5U2-2. The van der Waals surface area contributed by atoms with Gasteiger partial charge in [-0.3, -0.25) is 9.05 Å². The molecule has 260 valence electrons. The van der Waals surface area contributed by atoms with Crippen molar-refractivity contribution >= 4 is 39.1 Å². The fraction of sp³-hybridized carbons (Fsp3) is 0.833. The Morgan fingerprint density at radius 2 is 0.909 bits per heavy atom. The summed E-state index contributed by atoms with van der Waals surface area (Å²) in [5.41, 5.74) is -4.23. The van der Waals surface area contributed by atoms with Gasteiger partial charge in [0, 0.05) is 62.2 Å². The van der Waals surface area contributed by atoms with Gasteiger partial charge in [0.15, 0.2) is 0 Å². The van der Waals surface area contributed by atoms with Crippen LogP contribution in [-0.4, -0.2) is 103 Å². The molecule has 2 rings (SSSR count). The number of aliphatic hydroxyl groups excluding tert-OH is 2. The second-order valence-corrected chi connectivity index (χ2v) is 15.7. The molecule has 0 saturated carbocycles. The molecule has 2 heterocycles. The van der Waals surface area contributed by atoms with Crippen molar-refractivity contribution in [3.05, 3.63) is 13.2 Å². The van der Waals surface area contributed by atoms with E-state index in [-0.39, 0.29) is 62.2 Å². The van der Waals surface area contributed by atoms with Crippen LogP contribution in [0.15, 0.2) is 0 Å². The minimum atomic E-state index is -5.74. The minimum Gasteiger partial charge on any atom is -0.517 e. The molecule has 0 aromatic rings. The van der Waals surface area contributed by atoms with Crippen LogP contribution in [0.1, 0.15) is 13.8 Å². The number of alkyl halides is 2. The summed E-state index contributed by atoms with van der Waals surface area (Å²) >= 11 is 0. The summed E-state index contributed by atoms with van der Waals surface area (Å²) in [4.78, 5) is 60.1. The average molecular weight is 1210 g/mol. The molecule has 0 bridgehead atoms. The monoisotopic (exact) mass is 1210 g/mol. The van der Waals surface area contributed by atoms with Gasteiger partial charge in [-0.1, -0.05) is 13.8 Å². The quantitative estimate of drug-likeness (QED) is 0.0781. The summed E-state index contributed by atoms with van der Waals surface area (Å²) in [6.07, 6.45) is -4.39. The third-order valence-electron chi connectivity index (χ3n) is 4.39. The number of hydrogen-bond donors (Lipinski definition) is 11. The smallest absolute Gasteiger partial charge is 0.490 e. The second kappa shape index (κ2) is 16.6.